The van der Waals surface area contributed by atoms with E-state index in [0.717, 1.165) is 19.3 Å². The molecule has 0 fully saturated rings. The topological polar surface area (TPSA) is 0 Å². The highest BCUT2D eigenvalue weighted by atomic mass is 13.9. The second-order valence-electron chi connectivity index (χ2n) is 3.52. The maximum atomic E-state index is 2.29. The molecule has 0 bridgehead atoms. The Kier molecular flexibility index (Phi) is 6.74. The molecular weight excluding hydrogens is 168 g/mol. The number of hydrogen-bond donors (Lipinski definition) is 0. The summed E-state index contributed by atoms with van der Waals surface area (Å²) in [5.74, 6) is 0. The Labute approximate surface area is 87.7 Å². The van der Waals surface area contributed by atoms with Gasteiger partial charge in [0, 0.05) is 0 Å². The molecule has 0 saturated heterocycles. The lowest BCUT2D eigenvalue weighted by Gasteiger charge is -1.91. The van der Waals surface area contributed by atoms with Gasteiger partial charge in [0.2, 0.25) is 0 Å². The predicted molar refractivity (Wildman–Crippen MR) is 64.3 cm³/mol. The lowest BCUT2D eigenvalue weighted by molar-refractivity contribution is 0.864. The van der Waals surface area contributed by atoms with Crippen LogP contribution in [-0.2, 0) is 0 Å². The summed E-state index contributed by atoms with van der Waals surface area (Å²) >= 11 is 0. The molecule has 76 valence electrons. The van der Waals surface area contributed by atoms with Crippen molar-refractivity contribution in [1.29, 1.82) is 0 Å². The van der Waals surface area contributed by atoms with Crippen LogP contribution < -0.4 is 0 Å². The van der Waals surface area contributed by atoms with Crippen molar-refractivity contribution in [2.75, 3.05) is 0 Å². The quantitative estimate of drug-likeness (QED) is 0.489. The first-order chi connectivity index (χ1) is 7.00. The zero-order valence-corrected chi connectivity index (χ0v) is 8.86. The largest absolute Gasteiger partial charge is 0.0882 e. The highest BCUT2D eigenvalue weighted by molar-refractivity contribution is 5.00. The maximum Gasteiger partial charge on any atom is -0.0169 e. The molecule has 0 heteroatoms. The second kappa shape index (κ2) is 8.55. The first-order valence-electron chi connectivity index (χ1n) is 5.60. The zero-order valence-electron chi connectivity index (χ0n) is 8.86. The molecule has 1 aliphatic carbocycles. The lowest BCUT2D eigenvalue weighted by Crippen LogP contribution is -1.71. The molecule has 0 aromatic rings. The Morgan fingerprint density at radius 2 is 0.786 bits per heavy atom. The summed E-state index contributed by atoms with van der Waals surface area (Å²) in [6.45, 7) is 0. The minimum atomic E-state index is 1.07. The Bertz CT molecular complexity index is 204. The summed E-state index contributed by atoms with van der Waals surface area (Å²) < 4.78 is 0. The fourth-order valence-corrected chi connectivity index (χ4v) is 1.40. The summed E-state index contributed by atoms with van der Waals surface area (Å²) in [5, 5.41) is 0. The van der Waals surface area contributed by atoms with Crippen molar-refractivity contribution in [2.24, 2.45) is 0 Å². The van der Waals surface area contributed by atoms with Gasteiger partial charge in [-0.3, -0.25) is 0 Å². The second-order valence-corrected chi connectivity index (χ2v) is 3.52. The molecule has 0 nitrogen and oxygen atoms in total. The van der Waals surface area contributed by atoms with E-state index < -0.39 is 0 Å². The number of allylic oxidation sites excluding steroid dienone is 8. The third-order valence-corrected chi connectivity index (χ3v) is 2.22. The molecule has 1 rings (SSSR count). The Hall–Kier alpha value is -1.04. The molecule has 0 aliphatic heterocycles. The van der Waals surface area contributed by atoms with Crippen LogP contribution in [0.15, 0.2) is 48.6 Å². The average molecular weight is 188 g/mol. The lowest BCUT2D eigenvalue weighted by atomic mass is 10.2. The first kappa shape index (κ1) is 11.0. The molecule has 0 saturated carbocycles. The van der Waals surface area contributed by atoms with Crippen LogP contribution in [0.2, 0.25) is 0 Å². The van der Waals surface area contributed by atoms with Crippen LogP contribution in [0.5, 0.6) is 0 Å². The molecule has 14 heavy (non-hydrogen) atoms. The standard InChI is InChI=1S/C14H20/c1-2-4-6-8-10-12-14-13-11-9-7-5-3-1/h1-2,5-8,11,13H,3-4,9-10,12,14H2/b2-1-,7-5?,8-6-,13-11+. The van der Waals surface area contributed by atoms with Gasteiger partial charge in [-0.05, 0) is 38.5 Å². The summed E-state index contributed by atoms with van der Waals surface area (Å²) in [5.41, 5.74) is 0. The molecule has 0 aromatic carbocycles. The number of rotatable bonds is 0. The SMILES string of the molecule is C1=CC/C=C/CCC/C=C\C/C=C\C1. The van der Waals surface area contributed by atoms with Crippen molar-refractivity contribution in [3.63, 3.8) is 0 Å². The fraction of sp³-hybridized carbons (Fsp3) is 0.429. The van der Waals surface area contributed by atoms with Gasteiger partial charge in [0.15, 0.2) is 0 Å². The number of hydrogen-bond acceptors (Lipinski definition) is 0. The van der Waals surface area contributed by atoms with Crippen molar-refractivity contribution in [1.82, 2.24) is 0 Å². The van der Waals surface area contributed by atoms with Gasteiger partial charge in [-0.1, -0.05) is 48.6 Å². The van der Waals surface area contributed by atoms with E-state index in [2.05, 4.69) is 48.6 Å². The van der Waals surface area contributed by atoms with E-state index >= 15 is 0 Å². The summed E-state index contributed by atoms with van der Waals surface area (Å²) in [6, 6.07) is 0. The molecule has 0 aromatic heterocycles. The Morgan fingerprint density at radius 1 is 0.429 bits per heavy atom. The van der Waals surface area contributed by atoms with Crippen LogP contribution in [-0.4, -0.2) is 0 Å². The highest BCUT2D eigenvalue weighted by Gasteiger charge is 1.81. The summed E-state index contributed by atoms with van der Waals surface area (Å²) in [6.07, 6.45) is 25.0. The van der Waals surface area contributed by atoms with Crippen LogP contribution in [0, 0.1) is 0 Å². The molecule has 1 aliphatic rings. The first-order valence-corrected chi connectivity index (χ1v) is 5.60. The van der Waals surface area contributed by atoms with Gasteiger partial charge in [0.25, 0.3) is 0 Å². The van der Waals surface area contributed by atoms with E-state index in [1.165, 1.54) is 19.3 Å². The molecule has 0 amide bonds. The molecule has 0 radical (unpaired) electrons. The van der Waals surface area contributed by atoms with Gasteiger partial charge >= 0.3 is 0 Å². The average Bonchev–Trinajstić information content (AvgIpc) is 2.22. The predicted octanol–water partition coefficient (Wildman–Crippen LogP) is 4.57. The highest BCUT2D eigenvalue weighted by Crippen LogP contribution is 2.01. The van der Waals surface area contributed by atoms with Gasteiger partial charge in [0.1, 0.15) is 0 Å². The van der Waals surface area contributed by atoms with E-state index in [0.29, 0.717) is 0 Å². The van der Waals surface area contributed by atoms with E-state index in [-0.39, 0.29) is 0 Å². The van der Waals surface area contributed by atoms with Crippen LogP contribution >= 0.6 is 0 Å². The third kappa shape index (κ3) is 6.47. The normalized spacial score (nSPS) is 26.3. The molecule has 0 heterocycles. The zero-order chi connectivity index (χ0) is 9.90. The van der Waals surface area contributed by atoms with E-state index in [9.17, 15) is 0 Å². The van der Waals surface area contributed by atoms with Gasteiger partial charge in [0.05, 0.1) is 0 Å². The van der Waals surface area contributed by atoms with E-state index in [1.54, 1.807) is 0 Å². The summed E-state index contributed by atoms with van der Waals surface area (Å²) in [4.78, 5) is 0. The van der Waals surface area contributed by atoms with Crippen molar-refractivity contribution in [2.45, 2.75) is 38.5 Å². The minimum absolute atomic E-state index is 1.07. The fourth-order valence-electron chi connectivity index (χ4n) is 1.40. The van der Waals surface area contributed by atoms with Crippen molar-refractivity contribution in [3.8, 4) is 0 Å². The van der Waals surface area contributed by atoms with Gasteiger partial charge in [-0.2, -0.15) is 0 Å². The Morgan fingerprint density at radius 3 is 1.21 bits per heavy atom. The molecule has 0 spiro atoms. The van der Waals surface area contributed by atoms with Gasteiger partial charge < -0.3 is 0 Å². The van der Waals surface area contributed by atoms with Crippen molar-refractivity contribution >= 4 is 0 Å². The summed E-state index contributed by atoms with van der Waals surface area (Å²) in [7, 11) is 0. The van der Waals surface area contributed by atoms with Crippen LogP contribution in [0.1, 0.15) is 38.5 Å². The smallest absolute Gasteiger partial charge is 0.0169 e. The minimum Gasteiger partial charge on any atom is -0.0882 e. The van der Waals surface area contributed by atoms with E-state index in [4.69, 9.17) is 0 Å². The molecule has 0 atom stereocenters. The van der Waals surface area contributed by atoms with Crippen molar-refractivity contribution < 1.29 is 0 Å². The van der Waals surface area contributed by atoms with Crippen LogP contribution in [0.4, 0.5) is 0 Å². The van der Waals surface area contributed by atoms with E-state index in [1.807, 2.05) is 0 Å². The maximum absolute atomic E-state index is 2.29. The molecular formula is C14H20. The molecule has 0 unspecified atom stereocenters. The monoisotopic (exact) mass is 188 g/mol. The van der Waals surface area contributed by atoms with Crippen molar-refractivity contribution in [3.05, 3.63) is 48.6 Å². The van der Waals surface area contributed by atoms with Gasteiger partial charge in [-0.25, -0.2) is 0 Å². The third-order valence-electron chi connectivity index (χ3n) is 2.22. The Balaban J connectivity index is 2.34. The molecule has 0 N–H and O–H groups in total. The van der Waals surface area contributed by atoms with Crippen LogP contribution in [0.25, 0.3) is 0 Å². The van der Waals surface area contributed by atoms with Crippen LogP contribution in [0.3, 0.4) is 0 Å². The van der Waals surface area contributed by atoms with Gasteiger partial charge in [-0.15, -0.1) is 0 Å².